The fourth-order valence-corrected chi connectivity index (χ4v) is 1.37. The monoisotopic (exact) mass is 251 g/mol. The fraction of sp³-hybridized carbons (Fsp3) is 0.333. The first-order valence-electron chi connectivity index (χ1n) is 5.51. The highest BCUT2D eigenvalue weighted by Crippen LogP contribution is 2.16. The van der Waals surface area contributed by atoms with Crippen LogP contribution in [-0.4, -0.2) is 28.6 Å². The molecule has 2 amide bonds. The molecule has 0 fully saturated rings. The minimum Gasteiger partial charge on any atom is -0.477 e. The van der Waals surface area contributed by atoms with Gasteiger partial charge in [0.05, 0.1) is 5.69 Å². The molecule has 0 bridgehead atoms. The average molecular weight is 251 g/mol. The lowest BCUT2D eigenvalue weighted by Gasteiger charge is -2.05. The Morgan fingerprint density at radius 1 is 1.44 bits per heavy atom. The molecule has 1 rings (SSSR count). The number of carboxylic acids is 1. The van der Waals surface area contributed by atoms with Gasteiger partial charge < -0.3 is 20.7 Å². The van der Waals surface area contributed by atoms with Crippen LogP contribution in [0.2, 0.25) is 0 Å². The standard InChI is InChI=1S/C12H17N3O3/c1-7(2)4-5-13-12(18)15-9-6-8(3)14-10(9)11(16)17/h4,6,14H,5H2,1-3H3,(H,16,17)(H2,13,15,18). The topological polar surface area (TPSA) is 94.2 Å². The van der Waals surface area contributed by atoms with Crippen LogP contribution in [-0.2, 0) is 0 Å². The van der Waals surface area contributed by atoms with Crippen molar-refractivity contribution in [2.24, 2.45) is 0 Å². The van der Waals surface area contributed by atoms with Crippen LogP contribution in [0.5, 0.6) is 0 Å². The van der Waals surface area contributed by atoms with E-state index >= 15 is 0 Å². The van der Waals surface area contributed by atoms with E-state index in [1.807, 2.05) is 19.9 Å². The fourth-order valence-electron chi connectivity index (χ4n) is 1.37. The summed E-state index contributed by atoms with van der Waals surface area (Å²) in [6, 6.07) is 1.14. The second kappa shape index (κ2) is 5.90. The number of aromatic carboxylic acids is 1. The number of rotatable bonds is 4. The summed E-state index contributed by atoms with van der Waals surface area (Å²) in [5, 5.41) is 14.0. The number of hydrogen-bond donors (Lipinski definition) is 4. The van der Waals surface area contributed by atoms with Gasteiger partial charge >= 0.3 is 12.0 Å². The van der Waals surface area contributed by atoms with E-state index in [9.17, 15) is 9.59 Å². The zero-order chi connectivity index (χ0) is 13.7. The van der Waals surface area contributed by atoms with Crippen LogP contribution >= 0.6 is 0 Å². The number of amides is 2. The van der Waals surface area contributed by atoms with Gasteiger partial charge in [0, 0.05) is 12.2 Å². The van der Waals surface area contributed by atoms with Crippen LogP contribution < -0.4 is 10.6 Å². The van der Waals surface area contributed by atoms with Gasteiger partial charge in [-0.3, -0.25) is 0 Å². The van der Waals surface area contributed by atoms with E-state index in [-0.39, 0.29) is 11.4 Å². The van der Waals surface area contributed by atoms with Gasteiger partial charge in [-0.1, -0.05) is 11.6 Å². The Hall–Kier alpha value is -2.24. The maximum Gasteiger partial charge on any atom is 0.354 e. The minimum absolute atomic E-state index is 0.0233. The number of urea groups is 1. The van der Waals surface area contributed by atoms with Gasteiger partial charge in [0.1, 0.15) is 5.69 Å². The second-order valence-electron chi connectivity index (χ2n) is 4.16. The smallest absolute Gasteiger partial charge is 0.354 e. The lowest BCUT2D eigenvalue weighted by atomic mass is 10.3. The van der Waals surface area contributed by atoms with E-state index in [1.165, 1.54) is 0 Å². The Balaban J connectivity index is 2.64. The summed E-state index contributed by atoms with van der Waals surface area (Å²) in [6.45, 7) is 5.98. The number of aromatic amines is 1. The number of carbonyl (C=O) groups excluding carboxylic acids is 1. The predicted molar refractivity (Wildman–Crippen MR) is 68.9 cm³/mol. The molecule has 1 aromatic rings. The lowest BCUT2D eigenvalue weighted by molar-refractivity contribution is 0.0692. The first kappa shape index (κ1) is 13.8. The molecule has 0 unspecified atom stereocenters. The highest BCUT2D eigenvalue weighted by atomic mass is 16.4. The lowest BCUT2D eigenvalue weighted by Crippen LogP contribution is -2.29. The molecule has 98 valence electrons. The molecule has 0 aromatic carbocycles. The zero-order valence-corrected chi connectivity index (χ0v) is 10.6. The Labute approximate surface area is 105 Å². The zero-order valence-electron chi connectivity index (χ0n) is 10.6. The van der Waals surface area contributed by atoms with Gasteiger partial charge in [-0.2, -0.15) is 0 Å². The molecule has 1 heterocycles. The molecule has 6 nitrogen and oxygen atoms in total. The number of hydrogen-bond acceptors (Lipinski definition) is 2. The number of aryl methyl sites for hydroxylation is 1. The molecular weight excluding hydrogens is 234 g/mol. The van der Waals surface area contributed by atoms with Crippen molar-refractivity contribution in [2.75, 3.05) is 11.9 Å². The van der Waals surface area contributed by atoms with Crippen molar-refractivity contribution in [1.29, 1.82) is 0 Å². The van der Waals surface area contributed by atoms with Crippen molar-refractivity contribution in [3.8, 4) is 0 Å². The molecule has 0 atom stereocenters. The maximum absolute atomic E-state index is 11.5. The van der Waals surface area contributed by atoms with Crippen LogP contribution in [0, 0.1) is 6.92 Å². The second-order valence-corrected chi connectivity index (χ2v) is 4.16. The van der Waals surface area contributed by atoms with Gasteiger partial charge in [-0.15, -0.1) is 0 Å². The molecule has 0 aliphatic rings. The van der Waals surface area contributed by atoms with E-state index in [1.54, 1.807) is 13.0 Å². The molecule has 0 aliphatic carbocycles. The van der Waals surface area contributed by atoms with Crippen molar-refractivity contribution in [3.05, 3.63) is 29.1 Å². The predicted octanol–water partition coefficient (Wildman–Crippen LogP) is 2.11. The van der Waals surface area contributed by atoms with Crippen LogP contribution in [0.1, 0.15) is 30.0 Å². The normalized spacial score (nSPS) is 9.72. The molecule has 0 radical (unpaired) electrons. The van der Waals surface area contributed by atoms with E-state index in [4.69, 9.17) is 5.11 Å². The SMILES string of the molecule is CC(C)=CCNC(=O)Nc1cc(C)[nH]c1C(=O)O. The third-order valence-corrected chi connectivity index (χ3v) is 2.19. The van der Waals surface area contributed by atoms with Crippen molar-refractivity contribution >= 4 is 17.7 Å². The van der Waals surface area contributed by atoms with E-state index < -0.39 is 12.0 Å². The van der Waals surface area contributed by atoms with E-state index in [2.05, 4.69) is 15.6 Å². The summed E-state index contributed by atoms with van der Waals surface area (Å²) < 4.78 is 0. The van der Waals surface area contributed by atoms with E-state index in [0.29, 0.717) is 12.2 Å². The van der Waals surface area contributed by atoms with Gasteiger partial charge in [-0.25, -0.2) is 9.59 Å². The first-order chi connectivity index (χ1) is 8.40. The third kappa shape index (κ3) is 3.97. The molecule has 0 saturated heterocycles. The van der Waals surface area contributed by atoms with Crippen LogP contribution in [0.25, 0.3) is 0 Å². The molecule has 0 spiro atoms. The molecule has 18 heavy (non-hydrogen) atoms. The van der Waals surface area contributed by atoms with Gasteiger partial charge in [0.2, 0.25) is 0 Å². The van der Waals surface area contributed by atoms with E-state index in [0.717, 1.165) is 5.57 Å². The first-order valence-corrected chi connectivity index (χ1v) is 5.51. The summed E-state index contributed by atoms with van der Waals surface area (Å²) in [4.78, 5) is 25.1. The van der Waals surface area contributed by atoms with Crippen molar-refractivity contribution < 1.29 is 14.7 Å². The number of H-pyrrole nitrogens is 1. The minimum atomic E-state index is -1.11. The van der Waals surface area contributed by atoms with Crippen molar-refractivity contribution in [3.63, 3.8) is 0 Å². The van der Waals surface area contributed by atoms with Crippen molar-refractivity contribution in [1.82, 2.24) is 10.3 Å². The van der Waals surface area contributed by atoms with Crippen molar-refractivity contribution in [2.45, 2.75) is 20.8 Å². The molecule has 0 aliphatic heterocycles. The van der Waals surface area contributed by atoms with Crippen LogP contribution in [0.3, 0.4) is 0 Å². The van der Waals surface area contributed by atoms with Crippen LogP contribution in [0.4, 0.5) is 10.5 Å². The number of allylic oxidation sites excluding steroid dienone is 1. The summed E-state index contributed by atoms with van der Waals surface area (Å²) in [6.07, 6.45) is 1.86. The molecule has 1 aromatic heterocycles. The summed E-state index contributed by atoms with van der Waals surface area (Å²) in [5.74, 6) is -1.11. The molecular formula is C12H17N3O3. The Morgan fingerprint density at radius 2 is 2.11 bits per heavy atom. The number of nitrogens with one attached hydrogen (secondary N) is 3. The Kier molecular flexibility index (Phi) is 4.53. The maximum atomic E-state index is 11.5. The highest BCUT2D eigenvalue weighted by Gasteiger charge is 2.14. The number of aromatic nitrogens is 1. The number of carbonyl (C=O) groups is 2. The summed E-state index contributed by atoms with van der Waals surface area (Å²) in [7, 11) is 0. The quantitative estimate of drug-likeness (QED) is 0.617. The summed E-state index contributed by atoms with van der Waals surface area (Å²) in [5.41, 5.74) is 2.01. The van der Waals surface area contributed by atoms with Crippen LogP contribution in [0.15, 0.2) is 17.7 Å². The number of anilines is 1. The number of carboxylic acid groups (broad SMARTS) is 1. The Morgan fingerprint density at radius 3 is 2.67 bits per heavy atom. The van der Waals surface area contributed by atoms with Gasteiger partial charge in [0.25, 0.3) is 0 Å². The Bertz CT molecular complexity index is 485. The summed E-state index contributed by atoms with van der Waals surface area (Å²) >= 11 is 0. The largest absolute Gasteiger partial charge is 0.477 e. The molecule has 4 N–H and O–H groups in total. The third-order valence-electron chi connectivity index (χ3n) is 2.19. The average Bonchev–Trinajstić information content (AvgIpc) is 2.58. The van der Waals surface area contributed by atoms with Gasteiger partial charge in [-0.05, 0) is 26.8 Å². The molecule has 0 saturated carbocycles. The van der Waals surface area contributed by atoms with Gasteiger partial charge in [0.15, 0.2) is 0 Å². The highest BCUT2D eigenvalue weighted by molar-refractivity contribution is 5.99. The molecule has 6 heteroatoms.